The van der Waals surface area contributed by atoms with Gasteiger partial charge in [-0.3, -0.25) is 14.5 Å². The van der Waals surface area contributed by atoms with Crippen LogP contribution in [-0.4, -0.2) is 16.0 Å². The normalized spacial score (nSPS) is 14.8. The minimum absolute atomic E-state index is 0.203. The van der Waals surface area contributed by atoms with Gasteiger partial charge in [0, 0.05) is 20.6 Å². The lowest BCUT2D eigenvalue weighted by atomic mass is 10.0. The third kappa shape index (κ3) is 5.01. The summed E-state index contributed by atoms with van der Waals surface area (Å²) in [5.41, 5.74) is 2.48. The molecule has 5 rings (SSSR count). The molecule has 0 N–H and O–H groups in total. The van der Waals surface area contributed by atoms with Crippen LogP contribution in [0.1, 0.15) is 16.7 Å². The predicted octanol–water partition coefficient (Wildman–Crippen LogP) is 8.07. The van der Waals surface area contributed by atoms with Gasteiger partial charge in [-0.15, -0.1) is 0 Å². The SMILES string of the molecule is O=C1S/C(=C\c2c(OCc3ccccc3Cl)ccc3ccccc23)C(=O)N1Cc1ccccc1Br. The number of rotatable bonds is 6. The number of imide groups is 1. The van der Waals surface area contributed by atoms with Crippen molar-refractivity contribution in [1.82, 2.24) is 4.90 Å². The second-order valence-electron chi connectivity index (χ2n) is 7.94. The van der Waals surface area contributed by atoms with Gasteiger partial charge in [0.1, 0.15) is 12.4 Å². The van der Waals surface area contributed by atoms with Crippen molar-refractivity contribution in [3.63, 3.8) is 0 Å². The van der Waals surface area contributed by atoms with Crippen LogP contribution in [0.15, 0.2) is 94.3 Å². The molecule has 174 valence electrons. The lowest BCUT2D eigenvalue weighted by Crippen LogP contribution is -2.27. The van der Waals surface area contributed by atoms with Gasteiger partial charge >= 0.3 is 0 Å². The molecule has 0 spiro atoms. The molecule has 1 saturated heterocycles. The Bertz CT molecular complexity index is 1490. The molecule has 4 nitrogen and oxygen atoms in total. The average Bonchev–Trinajstić information content (AvgIpc) is 3.13. The van der Waals surface area contributed by atoms with Gasteiger partial charge in [0.2, 0.25) is 0 Å². The van der Waals surface area contributed by atoms with E-state index in [1.807, 2.05) is 84.9 Å². The van der Waals surface area contributed by atoms with Crippen LogP contribution in [0.3, 0.4) is 0 Å². The summed E-state index contributed by atoms with van der Waals surface area (Å²) >= 11 is 10.7. The lowest BCUT2D eigenvalue weighted by molar-refractivity contribution is -0.123. The molecule has 0 unspecified atom stereocenters. The summed E-state index contributed by atoms with van der Waals surface area (Å²) in [5, 5.41) is 2.27. The molecule has 0 atom stereocenters. The second-order valence-corrected chi connectivity index (χ2v) is 10.2. The van der Waals surface area contributed by atoms with E-state index in [4.69, 9.17) is 16.3 Å². The molecule has 1 heterocycles. The summed E-state index contributed by atoms with van der Waals surface area (Å²) < 4.78 is 7.02. The first-order chi connectivity index (χ1) is 17.0. The standard InChI is InChI=1S/C28H19BrClNO3S/c29-23-11-5-2-8-19(23)16-31-27(32)26(35-28(31)33)15-22-21-10-4-1-7-18(21)13-14-25(22)34-17-20-9-3-6-12-24(20)30/h1-15H,16-17H2/b26-15-. The zero-order chi connectivity index (χ0) is 24.4. The van der Waals surface area contributed by atoms with Crippen molar-refractivity contribution in [3.8, 4) is 5.75 Å². The smallest absolute Gasteiger partial charge is 0.293 e. The Labute approximate surface area is 220 Å². The van der Waals surface area contributed by atoms with Gasteiger partial charge in [0.25, 0.3) is 11.1 Å². The first kappa shape index (κ1) is 23.7. The van der Waals surface area contributed by atoms with E-state index in [2.05, 4.69) is 15.9 Å². The van der Waals surface area contributed by atoms with Crippen molar-refractivity contribution >= 4 is 67.3 Å². The number of carbonyl (C=O) groups excluding carboxylic acids is 2. The maximum Gasteiger partial charge on any atom is 0.293 e. The number of hydrogen-bond acceptors (Lipinski definition) is 4. The van der Waals surface area contributed by atoms with Crippen LogP contribution in [0.4, 0.5) is 4.79 Å². The molecule has 2 amide bonds. The predicted molar refractivity (Wildman–Crippen MR) is 145 cm³/mol. The molecule has 0 saturated carbocycles. The highest BCUT2D eigenvalue weighted by Crippen LogP contribution is 2.38. The lowest BCUT2D eigenvalue weighted by Gasteiger charge is -2.14. The molecule has 1 aliphatic heterocycles. The number of halogens is 2. The van der Waals surface area contributed by atoms with Crippen molar-refractivity contribution in [2.45, 2.75) is 13.2 Å². The summed E-state index contributed by atoms with van der Waals surface area (Å²) in [5.74, 6) is 0.293. The fourth-order valence-corrected chi connectivity index (χ4v) is 5.31. The zero-order valence-corrected chi connectivity index (χ0v) is 21.6. The quantitative estimate of drug-likeness (QED) is 0.222. The number of hydrogen-bond donors (Lipinski definition) is 0. The van der Waals surface area contributed by atoms with Gasteiger partial charge in [0.15, 0.2) is 0 Å². The Kier molecular flexibility index (Phi) is 6.95. The van der Waals surface area contributed by atoms with Crippen molar-refractivity contribution in [1.29, 1.82) is 0 Å². The number of benzene rings is 4. The zero-order valence-electron chi connectivity index (χ0n) is 18.4. The van der Waals surface area contributed by atoms with Crippen LogP contribution in [0, 0.1) is 0 Å². The van der Waals surface area contributed by atoms with Crippen LogP contribution in [-0.2, 0) is 17.9 Å². The molecule has 4 aromatic carbocycles. The molecule has 0 aliphatic carbocycles. The fraction of sp³-hybridized carbons (Fsp3) is 0.0714. The van der Waals surface area contributed by atoms with E-state index in [1.54, 1.807) is 6.08 Å². The van der Waals surface area contributed by atoms with Gasteiger partial charge in [-0.1, -0.05) is 94.3 Å². The number of ether oxygens (including phenoxy) is 1. The molecule has 0 radical (unpaired) electrons. The molecule has 4 aromatic rings. The minimum Gasteiger partial charge on any atom is -0.488 e. The van der Waals surface area contributed by atoms with Crippen molar-refractivity contribution in [3.05, 3.63) is 116 Å². The van der Waals surface area contributed by atoms with E-state index in [0.29, 0.717) is 15.7 Å². The monoisotopic (exact) mass is 563 g/mol. The van der Waals surface area contributed by atoms with Crippen LogP contribution in [0.25, 0.3) is 16.8 Å². The van der Waals surface area contributed by atoms with Crippen LogP contribution >= 0.6 is 39.3 Å². The summed E-state index contributed by atoms with van der Waals surface area (Å²) in [4.78, 5) is 27.6. The van der Waals surface area contributed by atoms with Crippen LogP contribution in [0.2, 0.25) is 5.02 Å². The maximum absolute atomic E-state index is 13.2. The van der Waals surface area contributed by atoms with Gasteiger partial charge in [-0.05, 0) is 52.4 Å². The third-order valence-corrected chi connectivity index (χ3v) is 7.76. The van der Waals surface area contributed by atoms with E-state index in [1.165, 1.54) is 4.90 Å². The number of fused-ring (bicyclic) bond motifs is 1. The van der Waals surface area contributed by atoms with Gasteiger partial charge in [-0.25, -0.2) is 0 Å². The molecular weight excluding hydrogens is 546 g/mol. The van der Waals surface area contributed by atoms with Crippen molar-refractivity contribution in [2.24, 2.45) is 0 Å². The first-order valence-corrected chi connectivity index (χ1v) is 12.9. The highest BCUT2D eigenvalue weighted by molar-refractivity contribution is 9.10. The van der Waals surface area contributed by atoms with Crippen LogP contribution < -0.4 is 4.74 Å². The van der Waals surface area contributed by atoms with Gasteiger partial charge in [0.05, 0.1) is 11.4 Å². The topological polar surface area (TPSA) is 46.6 Å². The Hall–Kier alpha value is -3.06. The largest absolute Gasteiger partial charge is 0.488 e. The van der Waals surface area contributed by atoms with Gasteiger partial charge in [-0.2, -0.15) is 0 Å². The Morgan fingerprint density at radius 1 is 0.886 bits per heavy atom. The number of carbonyl (C=O) groups is 2. The molecule has 35 heavy (non-hydrogen) atoms. The van der Waals surface area contributed by atoms with E-state index in [-0.39, 0.29) is 24.3 Å². The molecule has 0 bridgehead atoms. The molecule has 0 aromatic heterocycles. The summed E-state index contributed by atoms with van der Waals surface area (Å²) in [6.07, 6.45) is 1.76. The number of thioether (sulfide) groups is 1. The Morgan fingerprint density at radius 3 is 2.40 bits per heavy atom. The maximum atomic E-state index is 13.2. The highest BCUT2D eigenvalue weighted by atomic mass is 79.9. The van der Waals surface area contributed by atoms with Crippen LogP contribution in [0.5, 0.6) is 5.75 Å². The first-order valence-electron chi connectivity index (χ1n) is 10.9. The average molecular weight is 565 g/mol. The van der Waals surface area contributed by atoms with E-state index < -0.39 is 0 Å². The van der Waals surface area contributed by atoms with Gasteiger partial charge < -0.3 is 4.74 Å². The van der Waals surface area contributed by atoms with E-state index >= 15 is 0 Å². The summed E-state index contributed by atoms with van der Waals surface area (Å²) in [6, 6.07) is 26.8. The Balaban J connectivity index is 1.49. The summed E-state index contributed by atoms with van der Waals surface area (Å²) in [6.45, 7) is 0.483. The third-order valence-electron chi connectivity index (χ3n) is 5.71. The van der Waals surface area contributed by atoms with Crippen molar-refractivity contribution in [2.75, 3.05) is 0 Å². The fourth-order valence-electron chi connectivity index (χ4n) is 3.89. The molecule has 1 aliphatic rings. The minimum atomic E-state index is -0.319. The molecular formula is C28H19BrClNO3S. The summed E-state index contributed by atoms with van der Waals surface area (Å²) in [7, 11) is 0. The van der Waals surface area contributed by atoms with Crippen molar-refractivity contribution < 1.29 is 14.3 Å². The number of nitrogens with zero attached hydrogens (tertiary/aromatic N) is 1. The molecule has 1 fully saturated rings. The highest BCUT2D eigenvalue weighted by Gasteiger charge is 2.35. The Morgan fingerprint density at radius 2 is 1.60 bits per heavy atom. The van der Waals surface area contributed by atoms with E-state index in [0.717, 1.165) is 43.7 Å². The second kappa shape index (κ2) is 10.3. The van der Waals surface area contributed by atoms with E-state index in [9.17, 15) is 9.59 Å². The number of amides is 2. The molecule has 7 heteroatoms.